The van der Waals surface area contributed by atoms with Crippen molar-refractivity contribution in [3.63, 3.8) is 0 Å². The molecular formula is C11H8N2O. The molecule has 1 N–H and O–H groups in total. The summed E-state index contributed by atoms with van der Waals surface area (Å²) in [6.45, 7) is 0. The van der Waals surface area contributed by atoms with Gasteiger partial charge in [-0.15, -0.1) is 0 Å². The molecule has 2 rings (SSSR count). The third-order valence-electron chi connectivity index (χ3n) is 2.02. The van der Waals surface area contributed by atoms with E-state index in [4.69, 9.17) is 5.26 Å². The van der Waals surface area contributed by atoms with Crippen LogP contribution in [0.1, 0.15) is 11.8 Å². The zero-order valence-corrected chi connectivity index (χ0v) is 7.38. The van der Waals surface area contributed by atoms with Crippen LogP contribution < -0.4 is 0 Å². The van der Waals surface area contributed by atoms with Gasteiger partial charge in [-0.2, -0.15) is 5.26 Å². The van der Waals surface area contributed by atoms with Crippen LogP contribution in [0.5, 0.6) is 0 Å². The van der Waals surface area contributed by atoms with E-state index in [-0.39, 0.29) is 0 Å². The first-order valence-electron chi connectivity index (χ1n) is 4.24. The average molecular weight is 184 g/mol. The topological polar surface area (TPSA) is 56.9 Å². The Morgan fingerprint density at radius 3 is 2.79 bits per heavy atom. The molecule has 2 aromatic rings. The van der Waals surface area contributed by atoms with Crippen molar-refractivity contribution in [1.29, 1.82) is 5.26 Å². The Kier molecular flexibility index (Phi) is 2.13. The third-order valence-corrected chi connectivity index (χ3v) is 2.02. The first-order valence-corrected chi connectivity index (χ1v) is 4.24. The fraction of sp³-hybridized carbons (Fsp3) is 0.0909. The number of hydrogen-bond acceptors (Lipinski definition) is 3. The highest BCUT2D eigenvalue weighted by molar-refractivity contribution is 5.78. The van der Waals surface area contributed by atoms with Crippen LogP contribution in [-0.2, 0) is 0 Å². The van der Waals surface area contributed by atoms with Crippen LogP contribution in [-0.4, -0.2) is 10.1 Å². The maximum atomic E-state index is 9.27. The van der Waals surface area contributed by atoms with Crippen molar-refractivity contribution in [2.45, 2.75) is 6.10 Å². The monoisotopic (exact) mass is 184 g/mol. The molecule has 0 fully saturated rings. The zero-order valence-electron chi connectivity index (χ0n) is 7.38. The number of fused-ring (bicyclic) bond motifs is 1. The normalized spacial score (nSPS) is 12.3. The standard InChI is InChI=1S/C11H8N2O/c12-7-11(14)10-6-5-8-3-1-2-4-9(8)13-10/h1-6,11,14H. The second kappa shape index (κ2) is 3.44. The highest BCUT2D eigenvalue weighted by Crippen LogP contribution is 2.15. The highest BCUT2D eigenvalue weighted by Gasteiger charge is 2.06. The molecule has 0 bridgehead atoms. The summed E-state index contributed by atoms with van der Waals surface area (Å²) in [6.07, 6.45) is -1.14. The molecule has 1 heterocycles. The van der Waals surface area contributed by atoms with Crippen molar-refractivity contribution in [3.8, 4) is 6.07 Å². The van der Waals surface area contributed by atoms with Crippen molar-refractivity contribution in [2.75, 3.05) is 0 Å². The summed E-state index contributed by atoms with van der Waals surface area (Å²) in [6, 6.07) is 12.8. The van der Waals surface area contributed by atoms with E-state index in [9.17, 15) is 5.11 Å². The van der Waals surface area contributed by atoms with Gasteiger partial charge in [-0.05, 0) is 12.1 Å². The average Bonchev–Trinajstić information content (AvgIpc) is 2.27. The predicted molar refractivity (Wildman–Crippen MR) is 52.3 cm³/mol. The second-order valence-electron chi connectivity index (χ2n) is 2.96. The summed E-state index contributed by atoms with van der Waals surface area (Å²) >= 11 is 0. The minimum absolute atomic E-state index is 0.395. The number of nitriles is 1. The maximum Gasteiger partial charge on any atom is 0.182 e. The van der Waals surface area contributed by atoms with Crippen molar-refractivity contribution in [1.82, 2.24) is 4.98 Å². The van der Waals surface area contributed by atoms with Crippen LogP contribution >= 0.6 is 0 Å². The fourth-order valence-electron chi connectivity index (χ4n) is 1.30. The lowest BCUT2D eigenvalue weighted by Crippen LogP contribution is -1.96. The molecular weight excluding hydrogens is 176 g/mol. The van der Waals surface area contributed by atoms with Crippen LogP contribution in [0.4, 0.5) is 0 Å². The Morgan fingerprint density at radius 1 is 1.21 bits per heavy atom. The number of pyridine rings is 1. The molecule has 14 heavy (non-hydrogen) atoms. The minimum atomic E-state index is -1.14. The summed E-state index contributed by atoms with van der Waals surface area (Å²) in [7, 11) is 0. The molecule has 0 saturated heterocycles. The molecule has 0 radical (unpaired) electrons. The molecule has 0 spiro atoms. The van der Waals surface area contributed by atoms with Gasteiger partial charge < -0.3 is 5.11 Å². The predicted octanol–water partition coefficient (Wildman–Crippen LogP) is 1.79. The Balaban J connectivity index is 2.58. The molecule has 1 aromatic heterocycles. The summed E-state index contributed by atoms with van der Waals surface area (Å²) in [5.74, 6) is 0. The molecule has 1 aromatic carbocycles. The maximum absolute atomic E-state index is 9.27. The second-order valence-corrected chi connectivity index (χ2v) is 2.96. The van der Waals surface area contributed by atoms with E-state index in [2.05, 4.69) is 4.98 Å². The fourth-order valence-corrected chi connectivity index (χ4v) is 1.30. The first-order chi connectivity index (χ1) is 6.81. The van der Waals surface area contributed by atoms with Gasteiger partial charge >= 0.3 is 0 Å². The SMILES string of the molecule is N#CC(O)c1ccc2ccccc2n1. The number of aromatic nitrogens is 1. The lowest BCUT2D eigenvalue weighted by Gasteiger charge is -2.02. The van der Waals surface area contributed by atoms with Crippen molar-refractivity contribution < 1.29 is 5.11 Å². The minimum Gasteiger partial charge on any atom is -0.373 e. The van der Waals surface area contributed by atoms with Crippen LogP contribution in [0.25, 0.3) is 10.9 Å². The quantitative estimate of drug-likeness (QED) is 0.687. The van der Waals surface area contributed by atoms with Crippen molar-refractivity contribution in [3.05, 3.63) is 42.1 Å². The van der Waals surface area contributed by atoms with E-state index < -0.39 is 6.10 Å². The number of nitrogens with zero attached hydrogens (tertiary/aromatic N) is 2. The first kappa shape index (κ1) is 8.67. The van der Waals surface area contributed by atoms with Crippen molar-refractivity contribution >= 4 is 10.9 Å². The lowest BCUT2D eigenvalue weighted by molar-refractivity contribution is 0.231. The van der Waals surface area contributed by atoms with Gasteiger partial charge in [0.1, 0.15) is 6.07 Å². The molecule has 0 aliphatic heterocycles. The summed E-state index contributed by atoms with van der Waals surface area (Å²) in [5.41, 5.74) is 1.19. The van der Waals surface area contributed by atoms with Crippen LogP contribution in [0.2, 0.25) is 0 Å². The van der Waals surface area contributed by atoms with Crippen molar-refractivity contribution in [2.24, 2.45) is 0 Å². The number of benzene rings is 1. The lowest BCUT2D eigenvalue weighted by atomic mass is 10.1. The van der Waals surface area contributed by atoms with Gasteiger partial charge in [0.2, 0.25) is 0 Å². The smallest absolute Gasteiger partial charge is 0.182 e. The number of hydrogen-bond donors (Lipinski definition) is 1. The highest BCUT2D eigenvalue weighted by atomic mass is 16.3. The molecule has 0 saturated carbocycles. The van der Waals surface area contributed by atoms with Crippen LogP contribution in [0.15, 0.2) is 36.4 Å². The van der Waals surface area contributed by atoms with E-state index in [1.807, 2.05) is 30.3 Å². The molecule has 1 atom stereocenters. The summed E-state index contributed by atoms with van der Waals surface area (Å²) in [5, 5.41) is 18.8. The van der Waals surface area contributed by atoms with Gasteiger partial charge in [0.25, 0.3) is 0 Å². The Labute approximate surface area is 81.2 Å². The Hall–Kier alpha value is -1.92. The van der Waals surface area contributed by atoms with Gasteiger partial charge in [-0.1, -0.05) is 24.3 Å². The van der Waals surface area contributed by atoms with E-state index >= 15 is 0 Å². The Morgan fingerprint density at radius 2 is 2.00 bits per heavy atom. The van der Waals surface area contributed by atoms with Gasteiger partial charge in [-0.3, -0.25) is 0 Å². The molecule has 0 aliphatic rings. The molecule has 68 valence electrons. The number of aliphatic hydroxyl groups is 1. The summed E-state index contributed by atoms with van der Waals surface area (Å²) in [4.78, 5) is 4.17. The van der Waals surface area contributed by atoms with Gasteiger partial charge in [0.05, 0.1) is 11.2 Å². The largest absolute Gasteiger partial charge is 0.373 e. The zero-order chi connectivity index (χ0) is 9.97. The molecule has 0 amide bonds. The number of aliphatic hydroxyl groups excluding tert-OH is 1. The van der Waals surface area contributed by atoms with E-state index in [1.165, 1.54) is 0 Å². The van der Waals surface area contributed by atoms with Crippen LogP contribution in [0, 0.1) is 11.3 Å². The third kappa shape index (κ3) is 1.43. The van der Waals surface area contributed by atoms with Gasteiger partial charge in [-0.25, -0.2) is 4.98 Å². The molecule has 3 heteroatoms. The van der Waals surface area contributed by atoms with Gasteiger partial charge in [0, 0.05) is 5.39 Å². The van der Waals surface area contributed by atoms with E-state index in [0.29, 0.717) is 5.69 Å². The number of rotatable bonds is 1. The summed E-state index contributed by atoms with van der Waals surface area (Å²) < 4.78 is 0. The van der Waals surface area contributed by atoms with E-state index in [1.54, 1.807) is 12.1 Å². The van der Waals surface area contributed by atoms with Crippen LogP contribution in [0.3, 0.4) is 0 Å². The van der Waals surface area contributed by atoms with Gasteiger partial charge in [0.15, 0.2) is 6.10 Å². The molecule has 3 nitrogen and oxygen atoms in total. The Bertz CT molecular complexity index is 502. The van der Waals surface area contributed by atoms with E-state index in [0.717, 1.165) is 10.9 Å². The molecule has 1 unspecified atom stereocenters. The molecule has 0 aliphatic carbocycles. The number of para-hydroxylation sites is 1.